The highest BCUT2D eigenvalue weighted by molar-refractivity contribution is 6.30. The lowest BCUT2D eigenvalue weighted by Crippen LogP contribution is -2.52. The monoisotopic (exact) mass is 332 g/mol. The standard InChI is InChI=1S/C19H25ClN2O/c20-14-5-3-13(4-6-14)19(9-1-2-10-19)18(23)22-17-11-15-7-8-16(12-17)21-15/h3-6,15-17,21H,1-2,7-12H2,(H,22,23). The summed E-state index contributed by atoms with van der Waals surface area (Å²) in [4.78, 5) is 13.2. The average Bonchev–Trinajstić information content (AvgIpc) is 3.16. The first kappa shape index (κ1) is 15.5. The highest BCUT2D eigenvalue weighted by Crippen LogP contribution is 2.42. The summed E-state index contributed by atoms with van der Waals surface area (Å²) in [5.41, 5.74) is 0.794. The third kappa shape index (κ3) is 2.89. The molecule has 2 aliphatic heterocycles. The van der Waals surface area contributed by atoms with Gasteiger partial charge in [0.15, 0.2) is 0 Å². The van der Waals surface area contributed by atoms with Gasteiger partial charge in [-0.05, 0) is 56.2 Å². The summed E-state index contributed by atoms with van der Waals surface area (Å²) >= 11 is 6.03. The SMILES string of the molecule is O=C(NC1CC2CCC(C1)N2)C1(c2ccc(Cl)cc2)CCCC1. The van der Waals surface area contributed by atoms with E-state index in [1.165, 1.54) is 12.8 Å². The van der Waals surface area contributed by atoms with Crippen LogP contribution in [-0.4, -0.2) is 24.0 Å². The van der Waals surface area contributed by atoms with Crippen LogP contribution in [0, 0.1) is 0 Å². The molecule has 4 heteroatoms. The third-order valence-electron chi connectivity index (χ3n) is 6.10. The van der Waals surface area contributed by atoms with Crippen LogP contribution in [0.15, 0.2) is 24.3 Å². The zero-order valence-corrected chi connectivity index (χ0v) is 14.2. The van der Waals surface area contributed by atoms with Crippen molar-refractivity contribution in [3.63, 3.8) is 0 Å². The molecule has 1 saturated carbocycles. The first-order valence-electron chi connectivity index (χ1n) is 8.99. The van der Waals surface area contributed by atoms with E-state index in [0.717, 1.165) is 49.1 Å². The number of carbonyl (C=O) groups is 1. The quantitative estimate of drug-likeness (QED) is 0.888. The summed E-state index contributed by atoms with van der Waals surface area (Å²) in [5.74, 6) is 0.239. The molecule has 1 aliphatic carbocycles. The number of fused-ring (bicyclic) bond motifs is 2. The van der Waals surface area contributed by atoms with Gasteiger partial charge in [-0.2, -0.15) is 0 Å². The fourth-order valence-electron chi connectivity index (χ4n) is 4.89. The zero-order chi connectivity index (χ0) is 15.9. The fourth-order valence-corrected chi connectivity index (χ4v) is 5.02. The minimum atomic E-state index is -0.339. The van der Waals surface area contributed by atoms with Gasteiger partial charge in [0.2, 0.25) is 5.91 Å². The van der Waals surface area contributed by atoms with Crippen molar-refractivity contribution in [1.82, 2.24) is 10.6 Å². The van der Waals surface area contributed by atoms with Gasteiger partial charge < -0.3 is 10.6 Å². The predicted molar refractivity (Wildman–Crippen MR) is 92.7 cm³/mol. The number of rotatable bonds is 3. The van der Waals surface area contributed by atoms with E-state index in [2.05, 4.69) is 10.6 Å². The first-order valence-corrected chi connectivity index (χ1v) is 9.37. The maximum atomic E-state index is 13.2. The van der Waals surface area contributed by atoms with E-state index in [4.69, 9.17) is 11.6 Å². The average molecular weight is 333 g/mol. The molecule has 1 aromatic rings. The Kier molecular flexibility index (Phi) is 4.10. The maximum Gasteiger partial charge on any atom is 0.230 e. The Labute approximate surface area is 143 Å². The lowest BCUT2D eigenvalue weighted by atomic mass is 9.77. The van der Waals surface area contributed by atoms with E-state index in [-0.39, 0.29) is 11.3 Å². The summed E-state index contributed by atoms with van der Waals surface area (Å²) in [6.07, 6.45) is 8.87. The molecular weight excluding hydrogens is 308 g/mol. The first-order chi connectivity index (χ1) is 11.2. The molecule has 3 fully saturated rings. The predicted octanol–water partition coefficient (Wildman–Crippen LogP) is 3.55. The second-order valence-electron chi connectivity index (χ2n) is 7.58. The highest BCUT2D eigenvalue weighted by Gasteiger charge is 2.44. The minimum absolute atomic E-state index is 0.239. The van der Waals surface area contributed by atoms with Crippen LogP contribution in [0.2, 0.25) is 5.02 Å². The van der Waals surface area contributed by atoms with Crippen LogP contribution in [-0.2, 0) is 10.2 Å². The molecule has 0 spiro atoms. The van der Waals surface area contributed by atoms with Gasteiger partial charge in [0.25, 0.3) is 0 Å². The van der Waals surface area contributed by atoms with Crippen molar-refractivity contribution in [2.75, 3.05) is 0 Å². The Balaban J connectivity index is 1.53. The van der Waals surface area contributed by atoms with Crippen molar-refractivity contribution in [2.24, 2.45) is 0 Å². The Morgan fingerprint density at radius 3 is 2.30 bits per heavy atom. The summed E-state index contributed by atoms with van der Waals surface area (Å²) in [5, 5.41) is 7.78. The summed E-state index contributed by atoms with van der Waals surface area (Å²) in [7, 11) is 0. The molecule has 2 saturated heterocycles. The van der Waals surface area contributed by atoms with Crippen molar-refractivity contribution in [1.29, 1.82) is 0 Å². The van der Waals surface area contributed by atoms with Gasteiger partial charge in [0, 0.05) is 23.1 Å². The van der Waals surface area contributed by atoms with Crippen LogP contribution in [0.3, 0.4) is 0 Å². The zero-order valence-electron chi connectivity index (χ0n) is 13.5. The molecule has 2 bridgehead atoms. The second-order valence-corrected chi connectivity index (χ2v) is 8.01. The number of nitrogens with one attached hydrogen (secondary N) is 2. The smallest absolute Gasteiger partial charge is 0.230 e. The fraction of sp³-hybridized carbons (Fsp3) is 0.632. The van der Waals surface area contributed by atoms with E-state index in [1.54, 1.807) is 0 Å². The molecule has 4 rings (SSSR count). The van der Waals surface area contributed by atoms with E-state index in [9.17, 15) is 4.79 Å². The Bertz CT molecular complexity index is 568. The Morgan fingerprint density at radius 2 is 1.70 bits per heavy atom. The van der Waals surface area contributed by atoms with E-state index in [0.29, 0.717) is 18.1 Å². The number of piperidine rings is 1. The van der Waals surface area contributed by atoms with Crippen LogP contribution >= 0.6 is 11.6 Å². The number of amides is 1. The highest BCUT2D eigenvalue weighted by atomic mass is 35.5. The van der Waals surface area contributed by atoms with Gasteiger partial charge >= 0.3 is 0 Å². The molecule has 2 atom stereocenters. The van der Waals surface area contributed by atoms with Crippen molar-refractivity contribution in [2.45, 2.75) is 74.9 Å². The molecule has 3 nitrogen and oxygen atoms in total. The summed E-state index contributed by atoms with van der Waals surface area (Å²) < 4.78 is 0. The van der Waals surface area contributed by atoms with Gasteiger partial charge in [-0.3, -0.25) is 4.79 Å². The molecule has 3 aliphatic rings. The van der Waals surface area contributed by atoms with Crippen LogP contribution in [0.4, 0.5) is 0 Å². The van der Waals surface area contributed by atoms with Gasteiger partial charge in [-0.15, -0.1) is 0 Å². The van der Waals surface area contributed by atoms with Crippen LogP contribution in [0.25, 0.3) is 0 Å². The second kappa shape index (κ2) is 6.10. The van der Waals surface area contributed by atoms with E-state index < -0.39 is 0 Å². The number of hydrogen-bond donors (Lipinski definition) is 2. The Morgan fingerprint density at radius 1 is 1.09 bits per heavy atom. The number of benzene rings is 1. The molecule has 1 aromatic carbocycles. The molecule has 1 amide bonds. The molecule has 2 N–H and O–H groups in total. The van der Waals surface area contributed by atoms with Crippen molar-refractivity contribution in [3.05, 3.63) is 34.9 Å². The topological polar surface area (TPSA) is 41.1 Å². The Hall–Kier alpha value is -1.06. The normalized spacial score (nSPS) is 32.0. The van der Waals surface area contributed by atoms with Crippen molar-refractivity contribution >= 4 is 17.5 Å². The number of carbonyl (C=O) groups excluding carboxylic acids is 1. The minimum Gasteiger partial charge on any atom is -0.352 e. The van der Waals surface area contributed by atoms with Crippen molar-refractivity contribution < 1.29 is 4.79 Å². The maximum absolute atomic E-state index is 13.2. The molecule has 124 valence electrons. The number of hydrogen-bond acceptors (Lipinski definition) is 2. The van der Waals surface area contributed by atoms with Gasteiger partial charge in [0.1, 0.15) is 0 Å². The largest absolute Gasteiger partial charge is 0.352 e. The molecule has 2 unspecified atom stereocenters. The summed E-state index contributed by atoms with van der Waals surface area (Å²) in [6, 6.07) is 9.46. The molecule has 0 aromatic heterocycles. The molecular formula is C19H25ClN2O. The third-order valence-corrected chi connectivity index (χ3v) is 6.35. The summed E-state index contributed by atoms with van der Waals surface area (Å²) in [6.45, 7) is 0. The van der Waals surface area contributed by atoms with Gasteiger partial charge in [-0.25, -0.2) is 0 Å². The van der Waals surface area contributed by atoms with Crippen LogP contribution in [0.5, 0.6) is 0 Å². The van der Waals surface area contributed by atoms with Crippen LogP contribution < -0.4 is 10.6 Å². The van der Waals surface area contributed by atoms with E-state index >= 15 is 0 Å². The number of halogens is 1. The van der Waals surface area contributed by atoms with Gasteiger partial charge in [0.05, 0.1) is 5.41 Å². The molecule has 2 heterocycles. The van der Waals surface area contributed by atoms with E-state index in [1.807, 2.05) is 24.3 Å². The van der Waals surface area contributed by atoms with Crippen LogP contribution in [0.1, 0.15) is 56.9 Å². The van der Waals surface area contributed by atoms with Gasteiger partial charge in [-0.1, -0.05) is 36.6 Å². The lowest BCUT2D eigenvalue weighted by molar-refractivity contribution is -0.127. The molecule has 23 heavy (non-hydrogen) atoms. The lowest BCUT2D eigenvalue weighted by Gasteiger charge is -2.34. The van der Waals surface area contributed by atoms with Crippen molar-refractivity contribution in [3.8, 4) is 0 Å². The molecule has 0 radical (unpaired) electrons.